The second-order valence-corrected chi connectivity index (χ2v) is 9.08. The molecule has 1 aliphatic rings. The number of benzene rings is 3. The Balaban J connectivity index is 1.54. The van der Waals surface area contributed by atoms with Gasteiger partial charge in [-0.3, -0.25) is 10.1 Å². The Morgan fingerprint density at radius 2 is 1.66 bits per heavy atom. The number of anilines is 1. The monoisotopic (exact) mass is 411 g/mol. The second kappa shape index (κ2) is 7.46. The lowest BCUT2D eigenvalue weighted by atomic mass is 10.1. The van der Waals surface area contributed by atoms with Gasteiger partial charge in [-0.15, -0.1) is 0 Å². The average molecular weight is 411 g/mol. The Bertz CT molecular complexity index is 1160. The molecule has 0 saturated carbocycles. The van der Waals surface area contributed by atoms with Crippen molar-refractivity contribution in [2.24, 2.45) is 0 Å². The summed E-state index contributed by atoms with van der Waals surface area (Å²) < 4.78 is 28.0. The predicted octanol–water partition coefficient (Wildman–Crippen LogP) is 3.65. The standard InChI is InChI=1S/C21H21N3O4S/c1-16-15-22(19-7-9-20(10-8-19)24(25)26)12-13-23(16)29(27,28)21-11-6-17-4-2-3-5-18(17)14-21/h2-11,14,16H,12-13,15H2,1H3/t16-/m0/s1. The maximum atomic E-state index is 13.2. The quantitative estimate of drug-likeness (QED) is 0.483. The lowest BCUT2D eigenvalue weighted by Crippen LogP contribution is -2.54. The van der Waals surface area contributed by atoms with Crippen LogP contribution in [0.4, 0.5) is 11.4 Å². The van der Waals surface area contributed by atoms with Crippen LogP contribution in [-0.2, 0) is 10.0 Å². The van der Waals surface area contributed by atoms with Crippen molar-refractivity contribution in [3.8, 4) is 0 Å². The van der Waals surface area contributed by atoms with Gasteiger partial charge in [0.05, 0.1) is 9.82 Å². The van der Waals surface area contributed by atoms with Gasteiger partial charge in [0, 0.05) is 43.5 Å². The van der Waals surface area contributed by atoms with Crippen molar-refractivity contribution in [1.82, 2.24) is 4.31 Å². The summed E-state index contributed by atoms with van der Waals surface area (Å²) in [5.74, 6) is 0. The fourth-order valence-corrected chi connectivity index (χ4v) is 5.43. The summed E-state index contributed by atoms with van der Waals surface area (Å²) in [6.45, 7) is 3.28. The summed E-state index contributed by atoms with van der Waals surface area (Å²) >= 11 is 0. The Morgan fingerprint density at radius 1 is 0.966 bits per heavy atom. The summed E-state index contributed by atoms with van der Waals surface area (Å²) in [6, 6.07) is 19.0. The Labute approximate surface area is 169 Å². The zero-order valence-corrected chi connectivity index (χ0v) is 16.7. The summed E-state index contributed by atoms with van der Waals surface area (Å²) in [5.41, 5.74) is 0.893. The molecule has 0 radical (unpaired) electrons. The first kappa shape index (κ1) is 19.4. The van der Waals surface area contributed by atoms with Crippen LogP contribution in [0.2, 0.25) is 0 Å². The average Bonchev–Trinajstić information content (AvgIpc) is 2.73. The van der Waals surface area contributed by atoms with Crippen molar-refractivity contribution >= 4 is 32.2 Å². The minimum Gasteiger partial charge on any atom is -0.369 e. The third-order valence-corrected chi connectivity index (χ3v) is 7.33. The van der Waals surface area contributed by atoms with Crippen LogP contribution in [0.25, 0.3) is 10.8 Å². The molecule has 8 heteroatoms. The lowest BCUT2D eigenvalue weighted by molar-refractivity contribution is -0.384. The molecule has 4 rings (SSSR count). The fraction of sp³-hybridized carbons (Fsp3) is 0.238. The molecule has 0 unspecified atom stereocenters. The van der Waals surface area contributed by atoms with Crippen LogP contribution < -0.4 is 4.90 Å². The van der Waals surface area contributed by atoms with Crippen molar-refractivity contribution < 1.29 is 13.3 Å². The van der Waals surface area contributed by atoms with E-state index in [1.807, 2.05) is 37.3 Å². The van der Waals surface area contributed by atoms with E-state index in [4.69, 9.17) is 0 Å². The summed E-state index contributed by atoms with van der Waals surface area (Å²) in [4.78, 5) is 12.8. The number of hydrogen-bond donors (Lipinski definition) is 0. The number of nitro benzene ring substituents is 1. The van der Waals surface area contributed by atoms with Crippen molar-refractivity contribution in [3.63, 3.8) is 0 Å². The number of piperazine rings is 1. The first-order valence-corrected chi connectivity index (χ1v) is 10.8. The van der Waals surface area contributed by atoms with Gasteiger partial charge < -0.3 is 4.90 Å². The van der Waals surface area contributed by atoms with E-state index in [1.54, 1.807) is 28.6 Å². The van der Waals surface area contributed by atoms with Crippen LogP contribution in [0.1, 0.15) is 6.92 Å². The van der Waals surface area contributed by atoms with E-state index in [0.29, 0.717) is 24.5 Å². The lowest BCUT2D eigenvalue weighted by Gasteiger charge is -2.40. The number of rotatable bonds is 4. The number of non-ortho nitro benzene ring substituents is 1. The summed E-state index contributed by atoms with van der Waals surface area (Å²) in [7, 11) is -3.61. The van der Waals surface area contributed by atoms with Crippen LogP contribution in [0, 0.1) is 10.1 Å². The minimum atomic E-state index is -3.61. The maximum Gasteiger partial charge on any atom is 0.269 e. The molecule has 150 valence electrons. The van der Waals surface area contributed by atoms with Gasteiger partial charge >= 0.3 is 0 Å². The van der Waals surface area contributed by atoms with Crippen molar-refractivity contribution in [2.75, 3.05) is 24.5 Å². The SMILES string of the molecule is C[C@H]1CN(c2ccc([N+](=O)[O-])cc2)CCN1S(=O)(=O)c1ccc2ccccc2c1. The molecule has 1 fully saturated rings. The first-order chi connectivity index (χ1) is 13.9. The van der Waals surface area contributed by atoms with E-state index in [0.717, 1.165) is 16.5 Å². The number of nitro groups is 1. The topological polar surface area (TPSA) is 83.8 Å². The summed E-state index contributed by atoms with van der Waals surface area (Å²) in [6.07, 6.45) is 0. The van der Waals surface area contributed by atoms with E-state index in [-0.39, 0.29) is 11.7 Å². The first-order valence-electron chi connectivity index (χ1n) is 9.36. The zero-order chi connectivity index (χ0) is 20.6. The van der Waals surface area contributed by atoms with Gasteiger partial charge in [0.25, 0.3) is 5.69 Å². The Kier molecular flexibility index (Phi) is 4.97. The van der Waals surface area contributed by atoms with Gasteiger partial charge in [-0.25, -0.2) is 8.42 Å². The van der Waals surface area contributed by atoms with Crippen LogP contribution >= 0.6 is 0 Å². The Hall–Kier alpha value is -2.97. The van der Waals surface area contributed by atoms with Crippen LogP contribution in [0.15, 0.2) is 71.6 Å². The zero-order valence-electron chi connectivity index (χ0n) is 15.9. The smallest absolute Gasteiger partial charge is 0.269 e. The molecule has 0 amide bonds. The molecule has 0 aromatic heterocycles. The number of nitrogens with zero attached hydrogens (tertiary/aromatic N) is 3. The summed E-state index contributed by atoms with van der Waals surface area (Å²) in [5, 5.41) is 12.7. The molecule has 0 spiro atoms. The highest BCUT2D eigenvalue weighted by Crippen LogP contribution is 2.27. The molecule has 3 aromatic carbocycles. The highest BCUT2D eigenvalue weighted by atomic mass is 32.2. The van der Waals surface area contributed by atoms with Crippen LogP contribution in [0.3, 0.4) is 0 Å². The van der Waals surface area contributed by atoms with Gasteiger partial charge in [-0.2, -0.15) is 4.31 Å². The van der Waals surface area contributed by atoms with Crippen LogP contribution in [0.5, 0.6) is 0 Å². The number of sulfonamides is 1. The highest BCUT2D eigenvalue weighted by Gasteiger charge is 2.34. The van der Waals surface area contributed by atoms with Crippen molar-refractivity contribution in [3.05, 3.63) is 76.8 Å². The van der Waals surface area contributed by atoms with Crippen molar-refractivity contribution in [1.29, 1.82) is 0 Å². The molecular formula is C21H21N3O4S. The van der Waals surface area contributed by atoms with Gasteiger partial charge in [-0.05, 0) is 42.0 Å². The van der Waals surface area contributed by atoms with Crippen LogP contribution in [-0.4, -0.2) is 43.3 Å². The van der Waals surface area contributed by atoms with E-state index < -0.39 is 14.9 Å². The van der Waals surface area contributed by atoms with Crippen molar-refractivity contribution in [2.45, 2.75) is 17.9 Å². The van der Waals surface area contributed by atoms with E-state index in [9.17, 15) is 18.5 Å². The predicted molar refractivity (Wildman–Crippen MR) is 113 cm³/mol. The Morgan fingerprint density at radius 3 is 2.31 bits per heavy atom. The molecule has 29 heavy (non-hydrogen) atoms. The molecule has 7 nitrogen and oxygen atoms in total. The van der Waals surface area contributed by atoms with E-state index in [2.05, 4.69) is 4.90 Å². The van der Waals surface area contributed by atoms with E-state index in [1.165, 1.54) is 12.1 Å². The van der Waals surface area contributed by atoms with Gasteiger partial charge in [-0.1, -0.05) is 30.3 Å². The fourth-order valence-electron chi connectivity index (χ4n) is 3.78. The normalized spacial score (nSPS) is 18.1. The molecule has 0 N–H and O–H groups in total. The molecule has 1 saturated heterocycles. The molecule has 3 aromatic rings. The molecule has 1 atom stereocenters. The third kappa shape index (κ3) is 3.68. The molecule has 0 bridgehead atoms. The number of fused-ring (bicyclic) bond motifs is 1. The van der Waals surface area contributed by atoms with Gasteiger partial charge in [0.2, 0.25) is 10.0 Å². The highest BCUT2D eigenvalue weighted by molar-refractivity contribution is 7.89. The minimum absolute atomic E-state index is 0.0410. The molecule has 1 aliphatic heterocycles. The van der Waals surface area contributed by atoms with E-state index >= 15 is 0 Å². The van der Waals surface area contributed by atoms with Gasteiger partial charge in [0.15, 0.2) is 0 Å². The maximum absolute atomic E-state index is 13.2. The third-order valence-electron chi connectivity index (χ3n) is 5.32. The number of hydrogen-bond acceptors (Lipinski definition) is 5. The second-order valence-electron chi connectivity index (χ2n) is 7.19. The van der Waals surface area contributed by atoms with Gasteiger partial charge in [0.1, 0.15) is 0 Å². The molecule has 1 heterocycles. The largest absolute Gasteiger partial charge is 0.369 e. The molecular weight excluding hydrogens is 390 g/mol. The molecule has 0 aliphatic carbocycles.